The topological polar surface area (TPSA) is 71.4 Å². The summed E-state index contributed by atoms with van der Waals surface area (Å²) in [5.41, 5.74) is -0.464. The lowest BCUT2D eigenvalue weighted by Gasteiger charge is -2.48. The Morgan fingerprint density at radius 2 is 1.88 bits per heavy atom. The quantitative estimate of drug-likeness (QED) is 0.754. The number of ketones is 2. The fourth-order valence-corrected chi connectivity index (χ4v) is 5.61. The van der Waals surface area contributed by atoms with E-state index >= 15 is 0 Å². The maximum Gasteiger partial charge on any atom is 0.303 e. The molecule has 0 saturated heterocycles. The largest absolute Gasteiger partial charge is 0.481 e. The smallest absolute Gasteiger partial charge is 0.303 e. The molecule has 24 heavy (non-hydrogen) atoms. The van der Waals surface area contributed by atoms with Crippen molar-refractivity contribution in [1.82, 2.24) is 0 Å². The van der Waals surface area contributed by atoms with Crippen molar-refractivity contribution in [3.05, 3.63) is 0 Å². The zero-order valence-electron chi connectivity index (χ0n) is 15.6. The first-order valence-corrected chi connectivity index (χ1v) is 9.40. The van der Waals surface area contributed by atoms with Gasteiger partial charge in [-0.2, -0.15) is 0 Å². The Morgan fingerprint density at radius 1 is 1.21 bits per heavy atom. The number of carbonyl (C=O) groups is 3. The number of hydrogen-bond donors (Lipinski definition) is 1. The first-order chi connectivity index (χ1) is 11.1. The molecule has 2 fully saturated rings. The number of Topliss-reactive ketones (excluding diaryl/α,β-unsaturated/α-hetero) is 2. The maximum absolute atomic E-state index is 12.6. The summed E-state index contributed by atoms with van der Waals surface area (Å²) in [6.07, 6.45) is 5.84. The van der Waals surface area contributed by atoms with Gasteiger partial charge in [0.1, 0.15) is 11.6 Å². The molecule has 2 saturated carbocycles. The van der Waals surface area contributed by atoms with E-state index in [1.807, 2.05) is 13.8 Å². The average Bonchev–Trinajstić information content (AvgIpc) is 2.87. The maximum atomic E-state index is 12.6. The lowest BCUT2D eigenvalue weighted by molar-refractivity contribution is -0.141. The van der Waals surface area contributed by atoms with Crippen LogP contribution < -0.4 is 0 Å². The molecule has 2 aliphatic rings. The van der Waals surface area contributed by atoms with Gasteiger partial charge in [-0.05, 0) is 62.7 Å². The van der Waals surface area contributed by atoms with Gasteiger partial charge in [0.15, 0.2) is 0 Å². The highest BCUT2D eigenvalue weighted by Gasteiger charge is 2.54. The second-order valence-corrected chi connectivity index (χ2v) is 8.50. The van der Waals surface area contributed by atoms with E-state index in [0.717, 1.165) is 32.1 Å². The molecule has 0 radical (unpaired) electrons. The van der Waals surface area contributed by atoms with Gasteiger partial charge in [-0.3, -0.25) is 14.4 Å². The Balaban J connectivity index is 2.19. The molecular weight excluding hydrogens is 304 g/mol. The molecule has 0 aromatic heterocycles. The molecule has 1 N–H and O–H groups in total. The summed E-state index contributed by atoms with van der Waals surface area (Å²) in [7, 11) is 0. The number of fused-ring (bicyclic) bond motifs is 1. The Morgan fingerprint density at radius 3 is 2.42 bits per heavy atom. The number of rotatable bonds is 7. The van der Waals surface area contributed by atoms with Gasteiger partial charge in [0, 0.05) is 24.2 Å². The number of carboxylic acids is 1. The molecule has 136 valence electrons. The molecule has 2 rings (SSSR count). The van der Waals surface area contributed by atoms with E-state index in [9.17, 15) is 14.4 Å². The molecule has 4 heteroatoms. The van der Waals surface area contributed by atoms with Gasteiger partial charge in [-0.15, -0.1) is 0 Å². The highest BCUT2D eigenvalue weighted by molar-refractivity contribution is 5.85. The Kier molecular flexibility index (Phi) is 5.56. The van der Waals surface area contributed by atoms with Crippen LogP contribution in [0.2, 0.25) is 0 Å². The SMILES string of the molecule is CCC(=O)C(C)(CCC(=O)O)C1CCC2(C)C(CCC2C(C)=O)C1. The monoisotopic (exact) mass is 336 g/mol. The minimum Gasteiger partial charge on any atom is -0.481 e. The minimum absolute atomic E-state index is 0.0523. The zero-order chi connectivity index (χ0) is 18.1. The first-order valence-electron chi connectivity index (χ1n) is 9.40. The van der Waals surface area contributed by atoms with Crippen LogP contribution in [0.1, 0.15) is 79.1 Å². The molecule has 5 atom stereocenters. The summed E-state index contributed by atoms with van der Waals surface area (Å²) in [4.78, 5) is 35.7. The van der Waals surface area contributed by atoms with E-state index in [1.54, 1.807) is 6.92 Å². The van der Waals surface area contributed by atoms with E-state index in [2.05, 4.69) is 6.92 Å². The van der Waals surface area contributed by atoms with Crippen molar-refractivity contribution < 1.29 is 19.5 Å². The molecule has 0 aromatic rings. The highest BCUT2D eigenvalue weighted by Crippen LogP contribution is 2.59. The Labute approximate surface area is 145 Å². The van der Waals surface area contributed by atoms with Crippen LogP contribution in [-0.2, 0) is 14.4 Å². The third-order valence-electron chi connectivity index (χ3n) is 7.34. The van der Waals surface area contributed by atoms with E-state index in [1.165, 1.54) is 0 Å². The molecule has 4 nitrogen and oxygen atoms in total. The van der Waals surface area contributed by atoms with Gasteiger partial charge in [0.2, 0.25) is 0 Å². The number of aliphatic carboxylic acids is 1. The fraction of sp³-hybridized carbons (Fsp3) is 0.850. The molecule has 0 amide bonds. The molecule has 0 aliphatic heterocycles. The van der Waals surface area contributed by atoms with Crippen LogP contribution in [0.3, 0.4) is 0 Å². The predicted molar refractivity (Wildman–Crippen MR) is 92.6 cm³/mol. The van der Waals surface area contributed by atoms with Crippen LogP contribution in [0.25, 0.3) is 0 Å². The van der Waals surface area contributed by atoms with Crippen molar-refractivity contribution in [2.24, 2.45) is 28.6 Å². The summed E-state index contributed by atoms with van der Waals surface area (Å²) >= 11 is 0. The summed E-state index contributed by atoms with van der Waals surface area (Å²) in [5.74, 6) is 0.557. The number of carbonyl (C=O) groups excluding carboxylic acids is 2. The van der Waals surface area contributed by atoms with Crippen molar-refractivity contribution >= 4 is 17.5 Å². The van der Waals surface area contributed by atoms with Crippen LogP contribution in [0.4, 0.5) is 0 Å². The van der Waals surface area contributed by atoms with Crippen molar-refractivity contribution in [1.29, 1.82) is 0 Å². The van der Waals surface area contributed by atoms with E-state index < -0.39 is 11.4 Å². The van der Waals surface area contributed by atoms with Gasteiger partial charge in [-0.1, -0.05) is 20.8 Å². The summed E-state index contributed by atoms with van der Waals surface area (Å²) in [6.45, 7) is 7.81. The van der Waals surface area contributed by atoms with Gasteiger partial charge in [-0.25, -0.2) is 0 Å². The van der Waals surface area contributed by atoms with Crippen LogP contribution in [0.5, 0.6) is 0 Å². The average molecular weight is 336 g/mol. The summed E-state index contributed by atoms with van der Waals surface area (Å²) in [5, 5.41) is 9.07. The van der Waals surface area contributed by atoms with Crippen LogP contribution in [0, 0.1) is 28.6 Å². The third kappa shape index (κ3) is 3.29. The fourth-order valence-electron chi connectivity index (χ4n) is 5.61. The van der Waals surface area contributed by atoms with Gasteiger partial charge in [0.25, 0.3) is 0 Å². The van der Waals surface area contributed by atoms with Crippen LogP contribution in [-0.4, -0.2) is 22.6 Å². The number of carboxylic acid groups (broad SMARTS) is 1. The second-order valence-electron chi connectivity index (χ2n) is 8.50. The Hall–Kier alpha value is -1.19. The molecule has 5 unspecified atom stereocenters. The van der Waals surface area contributed by atoms with E-state index in [4.69, 9.17) is 5.11 Å². The molecule has 0 aromatic carbocycles. The Bertz CT molecular complexity index is 526. The third-order valence-corrected chi connectivity index (χ3v) is 7.34. The molecular formula is C20H32O4. The highest BCUT2D eigenvalue weighted by atomic mass is 16.4. The number of hydrogen-bond acceptors (Lipinski definition) is 3. The van der Waals surface area contributed by atoms with Gasteiger partial charge in [0.05, 0.1) is 0 Å². The molecule has 0 heterocycles. The van der Waals surface area contributed by atoms with Gasteiger partial charge < -0.3 is 5.11 Å². The van der Waals surface area contributed by atoms with E-state index in [-0.39, 0.29) is 29.5 Å². The van der Waals surface area contributed by atoms with Gasteiger partial charge >= 0.3 is 5.97 Å². The van der Waals surface area contributed by atoms with Crippen LogP contribution >= 0.6 is 0 Å². The zero-order valence-corrected chi connectivity index (χ0v) is 15.6. The van der Waals surface area contributed by atoms with Crippen molar-refractivity contribution in [2.45, 2.75) is 79.1 Å². The lowest BCUT2D eigenvalue weighted by Crippen LogP contribution is -2.44. The lowest BCUT2D eigenvalue weighted by atomic mass is 9.56. The summed E-state index contributed by atoms with van der Waals surface area (Å²) < 4.78 is 0. The van der Waals surface area contributed by atoms with Crippen molar-refractivity contribution in [3.8, 4) is 0 Å². The van der Waals surface area contributed by atoms with E-state index in [0.29, 0.717) is 24.5 Å². The van der Waals surface area contributed by atoms with Crippen molar-refractivity contribution in [3.63, 3.8) is 0 Å². The van der Waals surface area contributed by atoms with Crippen molar-refractivity contribution in [2.75, 3.05) is 0 Å². The second kappa shape index (κ2) is 6.97. The normalized spacial score (nSPS) is 35.1. The standard InChI is InChI=1S/C20H32O4/c1-5-17(22)20(4,11-9-18(23)24)15-8-10-19(3)14(12-15)6-7-16(19)13(2)21/h14-16H,5-12H2,1-4H3,(H,23,24). The van der Waals surface area contributed by atoms with Crippen LogP contribution in [0.15, 0.2) is 0 Å². The minimum atomic E-state index is -0.830. The first kappa shape index (κ1) is 19.1. The summed E-state index contributed by atoms with van der Waals surface area (Å²) in [6, 6.07) is 0. The molecule has 0 spiro atoms. The molecule has 0 bridgehead atoms. The predicted octanol–water partition coefficient (Wildman–Crippen LogP) is 4.26. The molecule has 2 aliphatic carbocycles.